The topological polar surface area (TPSA) is 44.1 Å². The van der Waals surface area contributed by atoms with Gasteiger partial charge in [-0.05, 0) is 26.2 Å². The molecule has 0 bridgehead atoms. The van der Waals surface area contributed by atoms with Crippen molar-refractivity contribution in [1.29, 1.82) is 0 Å². The highest BCUT2D eigenvalue weighted by Gasteiger charge is 2.13. The number of esters is 1. The number of hydrogen-bond acceptors (Lipinski definition) is 3. The molecule has 0 aliphatic heterocycles. The summed E-state index contributed by atoms with van der Waals surface area (Å²) >= 11 is 0. The van der Waals surface area contributed by atoms with E-state index in [4.69, 9.17) is 4.74 Å². The second-order valence-corrected chi connectivity index (χ2v) is 4.41. The lowest BCUT2D eigenvalue weighted by Crippen LogP contribution is -2.07. The number of carbonyl (C=O) groups excluding carboxylic acids is 1. The van der Waals surface area contributed by atoms with E-state index in [1.165, 1.54) is 0 Å². The predicted molar refractivity (Wildman–Crippen MR) is 62.3 cm³/mol. The molecule has 90 valence electrons. The molecule has 0 saturated heterocycles. The molecule has 0 fully saturated rings. The molecule has 0 aliphatic rings. The van der Waals surface area contributed by atoms with Gasteiger partial charge >= 0.3 is 5.97 Å². The van der Waals surface area contributed by atoms with Gasteiger partial charge in [-0.3, -0.25) is 0 Å². The summed E-state index contributed by atoms with van der Waals surface area (Å²) in [4.78, 5) is 15.5. The van der Waals surface area contributed by atoms with E-state index in [1.807, 2.05) is 4.57 Å². The standard InChI is InChI=1S/C12H20N2O2/c1-5-16-12(15)11-7-14(8-13-11)10(4)6-9(2)3/h7-10H,5-6H2,1-4H3/t10-/m0/s1. The third-order valence-corrected chi connectivity index (χ3v) is 2.41. The van der Waals surface area contributed by atoms with Crippen LogP contribution in [0.25, 0.3) is 0 Å². The van der Waals surface area contributed by atoms with Gasteiger partial charge in [0.2, 0.25) is 0 Å². The van der Waals surface area contributed by atoms with Crippen molar-refractivity contribution in [1.82, 2.24) is 9.55 Å². The summed E-state index contributed by atoms with van der Waals surface area (Å²) in [5.74, 6) is 0.279. The molecule has 4 heteroatoms. The van der Waals surface area contributed by atoms with Crippen LogP contribution in [-0.4, -0.2) is 22.1 Å². The molecule has 1 aromatic rings. The molecular formula is C12H20N2O2. The number of hydrogen-bond donors (Lipinski definition) is 0. The summed E-state index contributed by atoms with van der Waals surface area (Å²) in [6.07, 6.45) is 4.52. The molecule has 0 saturated carbocycles. The van der Waals surface area contributed by atoms with E-state index in [2.05, 4.69) is 25.8 Å². The van der Waals surface area contributed by atoms with Gasteiger partial charge in [-0.25, -0.2) is 9.78 Å². The maximum Gasteiger partial charge on any atom is 0.358 e. The van der Waals surface area contributed by atoms with Crippen molar-refractivity contribution in [2.45, 2.75) is 40.2 Å². The summed E-state index contributed by atoms with van der Waals surface area (Å²) in [7, 11) is 0. The molecule has 16 heavy (non-hydrogen) atoms. The fourth-order valence-electron chi connectivity index (χ4n) is 1.69. The number of nitrogens with zero attached hydrogens (tertiary/aromatic N) is 2. The van der Waals surface area contributed by atoms with Gasteiger partial charge in [0.15, 0.2) is 5.69 Å². The van der Waals surface area contributed by atoms with E-state index >= 15 is 0 Å². The Morgan fingerprint density at radius 2 is 2.19 bits per heavy atom. The smallest absolute Gasteiger partial charge is 0.358 e. The minimum absolute atomic E-state index is 0.349. The first-order valence-electron chi connectivity index (χ1n) is 5.75. The van der Waals surface area contributed by atoms with Crippen LogP contribution in [0.15, 0.2) is 12.5 Å². The van der Waals surface area contributed by atoms with Gasteiger partial charge in [0.05, 0.1) is 12.9 Å². The van der Waals surface area contributed by atoms with Gasteiger partial charge in [-0.1, -0.05) is 13.8 Å². The molecule has 1 rings (SSSR count). The van der Waals surface area contributed by atoms with Crippen LogP contribution >= 0.6 is 0 Å². The van der Waals surface area contributed by atoms with Gasteiger partial charge in [-0.15, -0.1) is 0 Å². The largest absolute Gasteiger partial charge is 0.461 e. The van der Waals surface area contributed by atoms with Crippen LogP contribution < -0.4 is 0 Å². The van der Waals surface area contributed by atoms with E-state index in [9.17, 15) is 4.79 Å². The van der Waals surface area contributed by atoms with Crippen molar-refractivity contribution < 1.29 is 9.53 Å². The van der Waals surface area contributed by atoms with Crippen molar-refractivity contribution in [2.75, 3.05) is 6.61 Å². The second kappa shape index (κ2) is 5.68. The zero-order chi connectivity index (χ0) is 12.1. The first kappa shape index (κ1) is 12.7. The van der Waals surface area contributed by atoms with Crippen molar-refractivity contribution in [3.8, 4) is 0 Å². The molecule has 1 atom stereocenters. The molecule has 0 spiro atoms. The molecular weight excluding hydrogens is 204 g/mol. The second-order valence-electron chi connectivity index (χ2n) is 4.41. The molecule has 1 heterocycles. The third kappa shape index (κ3) is 3.36. The lowest BCUT2D eigenvalue weighted by atomic mass is 10.1. The summed E-state index contributed by atoms with van der Waals surface area (Å²) < 4.78 is 6.85. The normalized spacial score (nSPS) is 12.8. The van der Waals surface area contributed by atoms with Gasteiger partial charge in [0, 0.05) is 12.2 Å². The van der Waals surface area contributed by atoms with Crippen molar-refractivity contribution in [2.24, 2.45) is 5.92 Å². The van der Waals surface area contributed by atoms with E-state index in [1.54, 1.807) is 19.4 Å². The summed E-state index contributed by atoms with van der Waals surface area (Å²) in [6.45, 7) is 8.65. The minimum atomic E-state index is -0.349. The molecule has 0 aromatic carbocycles. The number of carbonyl (C=O) groups is 1. The van der Waals surface area contributed by atoms with E-state index in [0.717, 1.165) is 6.42 Å². The van der Waals surface area contributed by atoms with Crippen LogP contribution in [0.1, 0.15) is 50.6 Å². The van der Waals surface area contributed by atoms with E-state index in [0.29, 0.717) is 24.3 Å². The Bertz CT molecular complexity index is 345. The first-order chi connectivity index (χ1) is 7.54. The SMILES string of the molecule is CCOC(=O)c1cn([C@@H](C)CC(C)C)cn1. The Labute approximate surface area is 96.6 Å². The molecule has 0 aliphatic carbocycles. The minimum Gasteiger partial charge on any atom is -0.461 e. The number of ether oxygens (including phenoxy) is 1. The molecule has 0 radical (unpaired) electrons. The van der Waals surface area contributed by atoms with Crippen molar-refractivity contribution >= 4 is 5.97 Å². The maximum absolute atomic E-state index is 11.4. The van der Waals surface area contributed by atoms with Crippen LogP contribution in [0.5, 0.6) is 0 Å². The van der Waals surface area contributed by atoms with Crippen LogP contribution in [0.3, 0.4) is 0 Å². The zero-order valence-electron chi connectivity index (χ0n) is 10.4. The Kier molecular flexibility index (Phi) is 4.52. The van der Waals surface area contributed by atoms with Crippen LogP contribution in [0.2, 0.25) is 0 Å². The third-order valence-electron chi connectivity index (χ3n) is 2.41. The highest BCUT2D eigenvalue weighted by atomic mass is 16.5. The Hall–Kier alpha value is -1.32. The monoisotopic (exact) mass is 224 g/mol. The first-order valence-corrected chi connectivity index (χ1v) is 5.75. The molecule has 4 nitrogen and oxygen atoms in total. The fourth-order valence-corrected chi connectivity index (χ4v) is 1.69. The Morgan fingerprint density at radius 1 is 1.50 bits per heavy atom. The summed E-state index contributed by atoms with van der Waals surface area (Å²) in [5, 5.41) is 0. The quantitative estimate of drug-likeness (QED) is 0.722. The number of aromatic nitrogens is 2. The highest BCUT2D eigenvalue weighted by Crippen LogP contribution is 2.17. The van der Waals surface area contributed by atoms with Crippen LogP contribution in [-0.2, 0) is 4.74 Å². The lowest BCUT2D eigenvalue weighted by molar-refractivity contribution is 0.0520. The van der Waals surface area contributed by atoms with Gasteiger partial charge < -0.3 is 9.30 Å². The lowest BCUT2D eigenvalue weighted by Gasteiger charge is -2.14. The van der Waals surface area contributed by atoms with Crippen molar-refractivity contribution in [3.05, 3.63) is 18.2 Å². The van der Waals surface area contributed by atoms with Crippen LogP contribution in [0, 0.1) is 5.92 Å². The Morgan fingerprint density at radius 3 is 2.75 bits per heavy atom. The molecule has 0 N–H and O–H groups in total. The average Bonchev–Trinajstić information content (AvgIpc) is 2.65. The molecule has 0 amide bonds. The fraction of sp³-hybridized carbons (Fsp3) is 0.667. The summed E-state index contributed by atoms with van der Waals surface area (Å²) in [5.41, 5.74) is 0.387. The number of imidazole rings is 1. The van der Waals surface area contributed by atoms with Gasteiger partial charge in [-0.2, -0.15) is 0 Å². The molecule has 1 aromatic heterocycles. The zero-order valence-corrected chi connectivity index (χ0v) is 10.4. The maximum atomic E-state index is 11.4. The number of rotatable bonds is 5. The van der Waals surface area contributed by atoms with E-state index < -0.39 is 0 Å². The molecule has 0 unspecified atom stereocenters. The summed E-state index contributed by atoms with van der Waals surface area (Å²) in [6, 6.07) is 0.357. The van der Waals surface area contributed by atoms with Crippen LogP contribution in [0.4, 0.5) is 0 Å². The van der Waals surface area contributed by atoms with Crippen molar-refractivity contribution in [3.63, 3.8) is 0 Å². The van der Waals surface area contributed by atoms with Gasteiger partial charge in [0.25, 0.3) is 0 Å². The highest BCUT2D eigenvalue weighted by molar-refractivity contribution is 5.86. The Balaban J connectivity index is 2.67. The van der Waals surface area contributed by atoms with Gasteiger partial charge in [0.1, 0.15) is 0 Å². The predicted octanol–water partition coefficient (Wildman–Crippen LogP) is 2.67. The average molecular weight is 224 g/mol. The van der Waals surface area contributed by atoms with E-state index in [-0.39, 0.29) is 5.97 Å².